The molecule has 0 bridgehead atoms. The molecule has 0 radical (unpaired) electrons. The van der Waals surface area contributed by atoms with E-state index in [0.717, 1.165) is 22.8 Å². The number of nitrogens with one attached hydrogen (secondary N) is 2. The quantitative estimate of drug-likeness (QED) is 0.855. The van der Waals surface area contributed by atoms with Gasteiger partial charge in [-0.3, -0.25) is 5.10 Å². The largest absolute Gasteiger partial charge is 0.308 e. The normalized spacial score (nSPS) is 18.2. The first-order chi connectivity index (χ1) is 6.36. The van der Waals surface area contributed by atoms with Crippen LogP contribution in [0.2, 0.25) is 0 Å². The molecule has 1 aromatic heterocycles. The zero-order valence-corrected chi connectivity index (χ0v) is 9.10. The van der Waals surface area contributed by atoms with Crippen molar-refractivity contribution in [2.75, 3.05) is 0 Å². The van der Waals surface area contributed by atoms with Gasteiger partial charge in [-0.25, -0.2) is 0 Å². The predicted octanol–water partition coefficient (Wildman–Crippen LogP) is 2.20. The average Bonchev–Trinajstić information content (AvgIpc) is 2.72. The standard InChI is InChI=1S/C9H14BrN3/c10-8-5-12-13-9(8)6-11-7-3-1-2-4-7/h5,7,11H,1-4,6H2,(H,12,13). The fourth-order valence-electron chi connectivity index (χ4n) is 1.80. The molecule has 2 rings (SSSR count). The Morgan fingerprint density at radius 2 is 2.31 bits per heavy atom. The second kappa shape index (κ2) is 4.24. The minimum absolute atomic E-state index is 0.718. The summed E-state index contributed by atoms with van der Waals surface area (Å²) in [6, 6.07) is 0.718. The Kier molecular flexibility index (Phi) is 3.01. The number of nitrogens with zero attached hydrogens (tertiary/aromatic N) is 1. The third-order valence-electron chi connectivity index (χ3n) is 2.59. The molecular weight excluding hydrogens is 230 g/mol. The minimum Gasteiger partial charge on any atom is -0.308 e. The van der Waals surface area contributed by atoms with Gasteiger partial charge in [0.2, 0.25) is 0 Å². The number of aromatic nitrogens is 2. The Bertz CT molecular complexity index is 266. The Labute approximate surface area is 86.4 Å². The van der Waals surface area contributed by atoms with Gasteiger partial charge in [0.15, 0.2) is 0 Å². The van der Waals surface area contributed by atoms with Crippen LogP contribution in [0.3, 0.4) is 0 Å². The molecular formula is C9H14BrN3. The lowest BCUT2D eigenvalue weighted by atomic mass is 10.2. The molecule has 0 amide bonds. The number of H-pyrrole nitrogens is 1. The molecule has 1 heterocycles. The summed E-state index contributed by atoms with van der Waals surface area (Å²) in [5, 5.41) is 10.4. The van der Waals surface area contributed by atoms with Crippen molar-refractivity contribution in [1.82, 2.24) is 15.5 Å². The monoisotopic (exact) mass is 243 g/mol. The molecule has 0 aliphatic heterocycles. The Morgan fingerprint density at radius 3 is 2.92 bits per heavy atom. The van der Waals surface area contributed by atoms with Gasteiger partial charge >= 0.3 is 0 Å². The molecule has 0 atom stereocenters. The fourth-order valence-corrected chi connectivity index (χ4v) is 2.13. The first-order valence-electron chi connectivity index (χ1n) is 4.77. The molecule has 2 N–H and O–H groups in total. The SMILES string of the molecule is Brc1cn[nH]c1CNC1CCCC1. The van der Waals surface area contributed by atoms with Crippen molar-refractivity contribution in [2.24, 2.45) is 0 Å². The van der Waals surface area contributed by atoms with E-state index in [4.69, 9.17) is 0 Å². The van der Waals surface area contributed by atoms with Crippen LogP contribution in [-0.4, -0.2) is 16.2 Å². The first-order valence-corrected chi connectivity index (χ1v) is 5.56. The predicted molar refractivity (Wildman–Crippen MR) is 55.4 cm³/mol. The molecule has 4 heteroatoms. The zero-order valence-electron chi connectivity index (χ0n) is 7.52. The minimum atomic E-state index is 0.718. The van der Waals surface area contributed by atoms with Gasteiger partial charge < -0.3 is 5.32 Å². The smallest absolute Gasteiger partial charge is 0.0633 e. The van der Waals surface area contributed by atoms with Crippen molar-refractivity contribution in [3.05, 3.63) is 16.4 Å². The maximum Gasteiger partial charge on any atom is 0.0633 e. The number of hydrogen-bond donors (Lipinski definition) is 2. The molecule has 1 aliphatic carbocycles. The van der Waals surface area contributed by atoms with Crippen molar-refractivity contribution in [3.63, 3.8) is 0 Å². The molecule has 13 heavy (non-hydrogen) atoms. The van der Waals surface area contributed by atoms with E-state index in [1.165, 1.54) is 25.7 Å². The van der Waals surface area contributed by atoms with E-state index in [1.54, 1.807) is 6.20 Å². The number of rotatable bonds is 3. The van der Waals surface area contributed by atoms with Crippen molar-refractivity contribution in [1.29, 1.82) is 0 Å². The summed E-state index contributed by atoms with van der Waals surface area (Å²) in [4.78, 5) is 0. The van der Waals surface area contributed by atoms with E-state index in [1.807, 2.05) is 0 Å². The highest BCUT2D eigenvalue weighted by atomic mass is 79.9. The van der Waals surface area contributed by atoms with Gasteiger partial charge in [0.25, 0.3) is 0 Å². The molecule has 1 fully saturated rings. The lowest BCUT2D eigenvalue weighted by Gasteiger charge is -2.10. The van der Waals surface area contributed by atoms with Gasteiger partial charge in [-0.15, -0.1) is 0 Å². The Balaban J connectivity index is 1.82. The Hall–Kier alpha value is -0.350. The number of aromatic amines is 1. The fraction of sp³-hybridized carbons (Fsp3) is 0.667. The molecule has 1 saturated carbocycles. The van der Waals surface area contributed by atoms with Gasteiger partial charge in [0.05, 0.1) is 16.4 Å². The van der Waals surface area contributed by atoms with E-state index in [2.05, 4.69) is 31.4 Å². The van der Waals surface area contributed by atoms with Crippen LogP contribution in [0.4, 0.5) is 0 Å². The average molecular weight is 244 g/mol. The summed E-state index contributed by atoms with van der Waals surface area (Å²) in [5.41, 5.74) is 1.15. The van der Waals surface area contributed by atoms with Crippen LogP contribution in [0.1, 0.15) is 31.4 Å². The van der Waals surface area contributed by atoms with Crippen LogP contribution in [0, 0.1) is 0 Å². The number of hydrogen-bond acceptors (Lipinski definition) is 2. The van der Waals surface area contributed by atoms with Crippen LogP contribution in [0.15, 0.2) is 10.7 Å². The first kappa shape index (κ1) is 9.21. The van der Waals surface area contributed by atoms with E-state index < -0.39 is 0 Å². The van der Waals surface area contributed by atoms with E-state index in [9.17, 15) is 0 Å². The van der Waals surface area contributed by atoms with E-state index in [0.29, 0.717) is 0 Å². The van der Waals surface area contributed by atoms with Gasteiger partial charge in [-0.2, -0.15) is 5.10 Å². The topological polar surface area (TPSA) is 40.7 Å². The van der Waals surface area contributed by atoms with Crippen molar-refractivity contribution in [3.8, 4) is 0 Å². The summed E-state index contributed by atoms with van der Waals surface area (Å²) in [5.74, 6) is 0. The summed E-state index contributed by atoms with van der Waals surface area (Å²) < 4.78 is 1.07. The Morgan fingerprint density at radius 1 is 1.54 bits per heavy atom. The van der Waals surface area contributed by atoms with Crippen LogP contribution in [0.25, 0.3) is 0 Å². The zero-order chi connectivity index (χ0) is 9.10. The van der Waals surface area contributed by atoms with Gasteiger partial charge in [-0.05, 0) is 28.8 Å². The highest BCUT2D eigenvalue weighted by Crippen LogP contribution is 2.19. The maximum absolute atomic E-state index is 3.96. The molecule has 0 spiro atoms. The van der Waals surface area contributed by atoms with E-state index in [-0.39, 0.29) is 0 Å². The van der Waals surface area contributed by atoms with Gasteiger partial charge in [0, 0.05) is 12.6 Å². The molecule has 0 saturated heterocycles. The molecule has 72 valence electrons. The molecule has 1 aromatic rings. The third-order valence-corrected chi connectivity index (χ3v) is 3.27. The van der Waals surface area contributed by atoms with Gasteiger partial charge in [-0.1, -0.05) is 12.8 Å². The lowest BCUT2D eigenvalue weighted by molar-refractivity contribution is 0.518. The second-order valence-corrected chi connectivity index (χ2v) is 4.41. The number of halogens is 1. The molecule has 0 aromatic carbocycles. The van der Waals surface area contributed by atoms with Crippen LogP contribution in [-0.2, 0) is 6.54 Å². The second-order valence-electron chi connectivity index (χ2n) is 3.56. The van der Waals surface area contributed by atoms with E-state index >= 15 is 0 Å². The molecule has 3 nitrogen and oxygen atoms in total. The summed E-state index contributed by atoms with van der Waals surface area (Å²) in [6.45, 7) is 0.894. The van der Waals surface area contributed by atoms with Crippen LogP contribution in [0.5, 0.6) is 0 Å². The highest BCUT2D eigenvalue weighted by Gasteiger charge is 2.14. The summed E-state index contributed by atoms with van der Waals surface area (Å²) >= 11 is 3.44. The van der Waals surface area contributed by atoms with Crippen LogP contribution < -0.4 is 5.32 Å². The van der Waals surface area contributed by atoms with Crippen LogP contribution >= 0.6 is 15.9 Å². The van der Waals surface area contributed by atoms with Gasteiger partial charge in [0.1, 0.15) is 0 Å². The van der Waals surface area contributed by atoms with Crippen molar-refractivity contribution >= 4 is 15.9 Å². The molecule has 0 unspecified atom stereocenters. The summed E-state index contributed by atoms with van der Waals surface area (Å²) in [7, 11) is 0. The van der Waals surface area contributed by atoms with Crippen molar-refractivity contribution < 1.29 is 0 Å². The maximum atomic E-state index is 3.96. The lowest BCUT2D eigenvalue weighted by Crippen LogP contribution is -2.25. The van der Waals surface area contributed by atoms with Crippen molar-refractivity contribution in [2.45, 2.75) is 38.3 Å². The molecule has 1 aliphatic rings. The third kappa shape index (κ3) is 2.31. The summed E-state index contributed by atoms with van der Waals surface area (Å²) in [6.07, 6.45) is 7.20. The highest BCUT2D eigenvalue weighted by molar-refractivity contribution is 9.10.